The molecule has 19 nitrogen and oxygen atoms in total. The monoisotopic (exact) mass is 1010 g/mol. The topological polar surface area (TPSA) is 264 Å². The minimum atomic E-state index is -4.80. The predicted molar refractivity (Wildman–Crippen MR) is 269 cm³/mol. The number of nitro benzene ring substituents is 1. The Bertz CT molecular complexity index is 3100. The summed E-state index contributed by atoms with van der Waals surface area (Å²) in [6, 6.07) is 19.5. The number of nitrogens with zero attached hydrogens (tertiary/aromatic N) is 4. The summed E-state index contributed by atoms with van der Waals surface area (Å²) in [4.78, 5) is 37.7. The average Bonchev–Trinajstić information content (AvgIpc) is 3.99. The Kier molecular flexibility index (Phi) is 12.7. The molecule has 2 atom stereocenters. The van der Waals surface area contributed by atoms with Gasteiger partial charge in [-0.3, -0.25) is 24.5 Å². The first-order valence-corrected chi connectivity index (χ1v) is 27.5. The second kappa shape index (κ2) is 18.6. The summed E-state index contributed by atoms with van der Waals surface area (Å²) in [5, 5.41) is 32.0. The largest absolute Gasteiger partial charge is 0.489 e. The van der Waals surface area contributed by atoms with Crippen molar-refractivity contribution >= 4 is 60.1 Å². The molecule has 0 unspecified atom stereocenters. The van der Waals surface area contributed by atoms with Crippen LogP contribution < -0.4 is 34.3 Å². The molecule has 0 radical (unpaired) electrons. The highest BCUT2D eigenvalue weighted by atomic mass is 32.2. The van der Waals surface area contributed by atoms with Gasteiger partial charge in [0.05, 0.1) is 27.0 Å². The Hall–Kier alpha value is -6.00. The van der Waals surface area contributed by atoms with Gasteiger partial charge in [-0.05, 0) is 130 Å². The van der Waals surface area contributed by atoms with Crippen molar-refractivity contribution in [1.29, 1.82) is 0 Å². The van der Waals surface area contributed by atoms with Gasteiger partial charge in [0.25, 0.3) is 31.8 Å². The molecule has 7 N–H and O–H groups in total. The summed E-state index contributed by atoms with van der Waals surface area (Å²) in [5.74, 6) is -1.19. The van der Waals surface area contributed by atoms with Crippen LogP contribution in [0.3, 0.4) is 0 Å². The maximum Gasteiger partial charge on any atom is 0.297 e. The molecular formula is C50H61N9O10S2. The molecule has 3 aromatic carbocycles. The number of piperidine rings is 1. The number of carbonyl (C=O) groups is 1. The van der Waals surface area contributed by atoms with Crippen LogP contribution >= 0.6 is 0 Å². The van der Waals surface area contributed by atoms with E-state index < -0.39 is 47.2 Å². The lowest BCUT2D eigenvalue weighted by molar-refractivity contribution is -0.384. The Morgan fingerprint density at radius 2 is 1.73 bits per heavy atom. The highest BCUT2D eigenvalue weighted by Gasteiger charge is 2.50. The molecule has 3 aliphatic heterocycles. The Balaban J connectivity index is 0.897. The predicted octanol–water partition coefficient (Wildman–Crippen LogP) is 7.82. The first-order chi connectivity index (χ1) is 33.7. The lowest BCUT2D eigenvalue weighted by Gasteiger charge is -2.56. The fourth-order valence-corrected chi connectivity index (χ4v) is 13.2. The van der Waals surface area contributed by atoms with Gasteiger partial charge in [-0.1, -0.05) is 38.1 Å². The smallest absolute Gasteiger partial charge is 0.297 e. The van der Waals surface area contributed by atoms with Crippen molar-refractivity contribution in [3.63, 3.8) is 0 Å². The van der Waals surface area contributed by atoms with E-state index in [1.165, 1.54) is 29.7 Å². The van der Waals surface area contributed by atoms with Crippen LogP contribution in [0.15, 0.2) is 77.8 Å². The quantitative estimate of drug-likeness (QED) is 0.0485. The van der Waals surface area contributed by atoms with Crippen molar-refractivity contribution in [3.05, 3.63) is 99.7 Å². The van der Waals surface area contributed by atoms with Gasteiger partial charge in [0.15, 0.2) is 23.0 Å². The van der Waals surface area contributed by atoms with E-state index in [1.807, 2.05) is 0 Å². The number of anilines is 3. The lowest BCUT2D eigenvalue weighted by Crippen LogP contribution is -2.54. The average molecular weight is 1010 g/mol. The normalized spacial score (nSPS) is 23.7. The van der Waals surface area contributed by atoms with Gasteiger partial charge < -0.3 is 29.8 Å². The van der Waals surface area contributed by atoms with Crippen molar-refractivity contribution in [3.8, 4) is 17.2 Å². The number of amides is 1. The molecule has 5 aromatic rings. The van der Waals surface area contributed by atoms with Crippen LogP contribution in [0, 0.1) is 21.4 Å². The van der Waals surface area contributed by atoms with Crippen LogP contribution in [-0.2, 0) is 20.2 Å². The van der Waals surface area contributed by atoms with E-state index in [-0.39, 0.29) is 58.3 Å². The zero-order valence-corrected chi connectivity index (χ0v) is 41.7. The molecule has 2 saturated heterocycles. The molecule has 0 bridgehead atoms. The number of sulfonamides is 1. The van der Waals surface area contributed by atoms with Gasteiger partial charge >= 0.3 is 0 Å². The molecule has 378 valence electrons. The number of likely N-dealkylation sites (tertiary alicyclic amines) is 1. The minimum Gasteiger partial charge on any atom is -0.489 e. The SMILES string of the molecule is CC(C)c1ccccc1[C@H]1CCCN1C1CC2(CCN(c3ccc(C(=O)NS(=O)(=O)c4cc5c(c([N+](=O)[O-])c4)N[C@@H]([C@H]4CC[C@](C)(O)CC4)CO5)c(Oc4cc5cc[nH]c5nc4NS(N)(=O)=O)c3)CC2)C1. The summed E-state index contributed by atoms with van der Waals surface area (Å²) >= 11 is 0. The summed E-state index contributed by atoms with van der Waals surface area (Å²) < 4.78 is 69.4. The number of nitrogens with two attached hydrogens (primary N) is 1. The number of H-pyrrole nitrogens is 1. The number of fused-ring (bicyclic) bond motifs is 2. The molecule has 5 aliphatic rings. The molecule has 4 fully saturated rings. The zero-order valence-electron chi connectivity index (χ0n) is 40.0. The number of carbonyl (C=O) groups excluding carboxylic acids is 1. The van der Waals surface area contributed by atoms with Crippen molar-refractivity contribution in [2.45, 2.75) is 120 Å². The van der Waals surface area contributed by atoms with Gasteiger partial charge in [0.1, 0.15) is 18.0 Å². The number of ether oxygens (including phenoxy) is 2. The number of hydrogen-bond acceptors (Lipinski definition) is 14. The molecule has 2 aromatic heterocycles. The molecule has 2 saturated carbocycles. The highest BCUT2D eigenvalue weighted by Crippen LogP contribution is 2.54. The maximum absolute atomic E-state index is 14.3. The first-order valence-electron chi connectivity index (χ1n) is 24.5. The van der Waals surface area contributed by atoms with Gasteiger partial charge in [-0.2, -0.15) is 8.42 Å². The van der Waals surface area contributed by atoms with Gasteiger partial charge in [-0.25, -0.2) is 23.3 Å². The Morgan fingerprint density at radius 1 is 0.986 bits per heavy atom. The summed E-state index contributed by atoms with van der Waals surface area (Å²) in [6.45, 7) is 8.96. The second-order valence-electron chi connectivity index (χ2n) is 20.8. The van der Waals surface area contributed by atoms with E-state index in [9.17, 15) is 36.9 Å². The third-order valence-electron chi connectivity index (χ3n) is 15.6. The fourth-order valence-electron chi connectivity index (χ4n) is 11.8. The number of aromatic amines is 1. The third-order valence-corrected chi connectivity index (χ3v) is 17.4. The third kappa shape index (κ3) is 9.98. The van der Waals surface area contributed by atoms with Crippen LogP contribution in [0.2, 0.25) is 0 Å². The minimum absolute atomic E-state index is 0.0290. The molecule has 1 amide bonds. The summed E-state index contributed by atoms with van der Waals surface area (Å²) in [7, 11) is -9.17. The van der Waals surface area contributed by atoms with E-state index in [4.69, 9.17) is 14.6 Å². The van der Waals surface area contributed by atoms with E-state index in [0.717, 1.165) is 63.9 Å². The number of aromatic nitrogens is 2. The van der Waals surface area contributed by atoms with Crippen molar-refractivity contribution < 1.29 is 41.1 Å². The Morgan fingerprint density at radius 3 is 2.45 bits per heavy atom. The van der Waals surface area contributed by atoms with Crippen LogP contribution in [0.4, 0.5) is 22.9 Å². The molecule has 2 aliphatic carbocycles. The van der Waals surface area contributed by atoms with Gasteiger partial charge in [0.2, 0.25) is 0 Å². The standard InChI is InChI=1S/C50H61N9O10S2/c1-30(2)36-7-4-5-8-37(36)40-9-6-20-58(40)34-27-50(28-34)17-21-57(22-18-50)33-10-11-38(42(24-33)69-44-23-32-14-19-52-46(32)54-47(44)55-71(51,66)67)48(60)56-70(64,65)35-25-41(59(62)63)45-43(26-35)68-29-39(53-45)31-12-15-49(3,61)16-13-31/h4-5,7-8,10-11,14,19,23-26,30-31,34,39-40,53,61H,6,9,12-13,15-18,20-22,27-29H2,1-3H3,(H,56,60)(H2,51,66,67)(H2,52,54,55)/t31-,39-,40-,49-/m1/s1. The summed E-state index contributed by atoms with van der Waals surface area (Å²) in [6.07, 6.45) is 10.6. The number of nitrogens with one attached hydrogen (secondary N) is 4. The number of aliphatic hydroxyl groups is 1. The van der Waals surface area contributed by atoms with Crippen molar-refractivity contribution in [1.82, 2.24) is 19.6 Å². The lowest BCUT2D eigenvalue weighted by atomic mass is 9.59. The van der Waals surface area contributed by atoms with Crippen molar-refractivity contribution in [2.75, 3.05) is 41.2 Å². The van der Waals surface area contributed by atoms with Crippen LogP contribution in [0.1, 0.15) is 118 Å². The zero-order chi connectivity index (χ0) is 50.0. The number of hydrogen-bond donors (Lipinski definition) is 6. The Labute approximate surface area is 413 Å². The van der Waals surface area contributed by atoms with Crippen LogP contribution in [-0.4, -0.2) is 91.6 Å². The number of pyridine rings is 1. The maximum atomic E-state index is 14.3. The fraction of sp³-hybridized carbons (Fsp3) is 0.480. The molecule has 1 spiro atoms. The first kappa shape index (κ1) is 48.6. The van der Waals surface area contributed by atoms with E-state index >= 15 is 0 Å². The van der Waals surface area contributed by atoms with E-state index in [0.29, 0.717) is 60.4 Å². The van der Waals surface area contributed by atoms with Gasteiger partial charge in [-0.15, -0.1) is 0 Å². The molecule has 5 heterocycles. The number of benzene rings is 3. The summed E-state index contributed by atoms with van der Waals surface area (Å²) in [5.41, 5.74) is 2.56. The highest BCUT2D eigenvalue weighted by molar-refractivity contribution is 7.90. The molecular weight excluding hydrogens is 951 g/mol. The molecule has 10 rings (SSSR count). The van der Waals surface area contributed by atoms with Crippen LogP contribution in [0.5, 0.6) is 17.2 Å². The van der Waals surface area contributed by atoms with E-state index in [1.54, 1.807) is 31.3 Å². The molecule has 71 heavy (non-hydrogen) atoms. The van der Waals surface area contributed by atoms with Gasteiger partial charge in [0, 0.05) is 60.6 Å². The molecule has 21 heteroatoms. The van der Waals surface area contributed by atoms with Crippen LogP contribution in [0.25, 0.3) is 11.0 Å². The van der Waals surface area contributed by atoms with Crippen molar-refractivity contribution in [2.24, 2.45) is 16.5 Å². The second-order valence-corrected chi connectivity index (χ2v) is 23.8. The number of rotatable bonds is 13. The van der Waals surface area contributed by atoms with E-state index in [2.05, 4.69) is 72.6 Å². The number of nitro groups is 1.